The molecule has 0 aromatic heterocycles. The summed E-state index contributed by atoms with van der Waals surface area (Å²) in [6, 6.07) is 3.68. The molecule has 1 saturated carbocycles. The van der Waals surface area contributed by atoms with Crippen LogP contribution in [0.4, 0.5) is 13.6 Å². The fraction of sp³-hybridized carbons (Fsp3) is 0.714. The number of urea groups is 1. The molecule has 7 nitrogen and oxygen atoms in total. The third kappa shape index (κ3) is 8.11. The van der Waals surface area contributed by atoms with Crippen LogP contribution in [-0.2, 0) is 10.4 Å². The van der Waals surface area contributed by atoms with Crippen LogP contribution in [0.3, 0.4) is 0 Å². The Balaban J connectivity index is 1.72. The Bertz CT molecular complexity index is 896. The van der Waals surface area contributed by atoms with Crippen molar-refractivity contribution in [3.63, 3.8) is 0 Å². The van der Waals surface area contributed by atoms with Crippen LogP contribution >= 0.6 is 0 Å². The monoisotopic (exact) mass is 522 g/mol. The summed E-state index contributed by atoms with van der Waals surface area (Å²) >= 11 is 0. The number of aliphatic hydroxyl groups is 1. The Morgan fingerprint density at radius 1 is 1.16 bits per heavy atom. The molecule has 3 atom stereocenters. The van der Waals surface area contributed by atoms with E-state index in [0.29, 0.717) is 44.8 Å². The van der Waals surface area contributed by atoms with Gasteiger partial charge in [0.15, 0.2) is 11.6 Å². The van der Waals surface area contributed by atoms with Crippen molar-refractivity contribution >= 4 is 11.9 Å². The third-order valence-electron chi connectivity index (χ3n) is 8.03. The van der Waals surface area contributed by atoms with Crippen LogP contribution < -0.4 is 16.0 Å². The molecule has 9 heteroatoms. The minimum atomic E-state index is -1.67. The van der Waals surface area contributed by atoms with Gasteiger partial charge in [0.2, 0.25) is 5.91 Å². The SMILES string of the molecule is CNCC(CC1CCCCC1)NC(=O)N1CCCC([C@@](O)(CCCNC(C)=O)c2cccc(F)c2F)C1. The standard InChI is InChI=1S/C28H44F2N4O3/c1-20(35)32-15-8-14-28(37,24-12-6-13-25(29)26(24)30)22-11-7-16-34(19-22)27(36)33-23(18-31-2)17-21-9-4-3-5-10-21/h6,12-13,21-23,31,37H,3-5,7-11,14-19H2,1-2H3,(H,32,35)(H,33,36)/t22?,23?,28-/m0/s1. The van der Waals surface area contributed by atoms with E-state index in [1.807, 2.05) is 7.05 Å². The normalized spacial score (nSPS) is 21.2. The van der Waals surface area contributed by atoms with Gasteiger partial charge in [0.1, 0.15) is 0 Å². The molecule has 2 aliphatic rings. The lowest BCUT2D eigenvalue weighted by Gasteiger charge is -2.43. The maximum Gasteiger partial charge on any atom is 0.317 e. The molecule has 4 N–H and O–H groups in total. The number of hydrogen-bond donors (Lipinski definition) is 4. The molecule has 3 amide bonds. The van der Waals surface area contributed by atoms with Crippen LogP contribution in [0, 0.1) is 23.5 Å². The van der Waals surface area contributed by atoms with E-state index in [0.717, 1.165) is 12.5 Å². The van der Waals surface area contributed by atoms with Crippen molar-refractivity contribution in [2.45, 2.75) is 82.8 Å². The molecule has 2 unspecified atom stereocenters. The topological polar surface area (TPSA) is 93.7 Å². The van der Waals surface area contributed by atoms with Crippen LogP contribution in [0.5, 0.6) is 0 Å². The number of nitrogens with one attached hydrogen (secondary N) is 3. The molecule has 0 bridgehead atoms. The van der Waals surface area contributed by atoms with Crippen molar-refractivity contribution in [1.29, 1.82) is 0 Å². The predicted molar refractivity (Wildman–Crippen MR) is 140 cm³/mol. The zero-order valence-corrected chi connectivity index (χ0v) is 22.3. The van der Waals surface area contributed by atoms with Crippen LogP contribution in [0.1, 0.15) is 76.7 Å². The Hall–Kier alpha value is -2.26. The molecule has 1 heterocycles. The highest BCUT2D eigenvalue weighted by atomic mass is 19.2. The van der Waals surface area contributed by atoms with E-state index >= 15 is 0 Å². The van der Waals surface area contributed by atoms with Crippen LogP contribution in [0.15, 0.2) is 18.2 Å². The van der Waals surface area contributed by atoms with Gasteiger partial charge in [-0.3, -0.25) is 4.79 Å². The minimum Gasteiger partial charge on any atom is -0.385 e. The highest BCUT2D eigenvalue weighted by Crippen LogP contribution is 2.41. The van der Waals surface area contributed by atoms with E-state index in [4.69, 9.17) is 0 Å². The van der Waals surface area contributed by atoms with Gasteiger partial charge in [-0.1, -0.05) is 44.2 Å². The van der Waals surface area contributed by atoms with Crippen LogP contribution in [-0.4, -0.2) is 61.2 Å². The Kier molecular flexibility index (Phi) is 11.1. The number of likely N-dealkylation sites (tertiary alicyclic amines) is 1. The van der Waals surface area contributed by atoms with Gasteiger partial charge in [-0.15, -0.1) is 0 Å². The van der Waals surface area contributed by atoms with Gasteiger partial charge in [-0.05, 0) is 51.1 Å². The molecule has 37 heavy (non-hydrogen) atoms. The molecule has 1 saturated heterocycles. The number of carbonyl (C=O) groups is 2. The summed E-state index contributed by atoms with van der Waals surface area (Å²) in [6.45, 7) is 3.20. The van der Waals surface area contributed by atoms with Crippen molar-refractivity contribution in [2.75, 3.05) is 33.2 Å². The molecule has 1 aliphatic carbocycles. The van der Waals surface area contributed by atoms with Crippen molar-refractivity contribution in [1.82, 2.24) is 20.9 Å². The van der Waals surface area contributed by atoms with Gasteiger partial charge in [0.05, 0.1) is 5.60 Å². The zero-order valence-electron chi connectivity index (χ0n) is 22.3. The van der Waals surface area contributed by atoms with Crippen LogP contribution in [0.2, 0.25) is 0 Å². The van der Waals surface area contributed by atoms with Gasteiger partial charge in [-0.2, -0.15) is 0 Å². The zero-order chi connectivity index (χ0) is 26.8. The van der Waals surface area contributed by atoms with E-state index in [-0.39, 0.29) is 36.5 Å². The van der Waals surface area contributed by atoms with Crippen molar-refractivity contribution < 1.29 is 23.5 Å². The van der Waals surface area contributed by atoms with Gasteiger partial charge < -0.3 is 26.0 Å². The second-order valence-electron chi connectivity index (χ2n) is 10.8. The van der Waals surface area contributed by atoms with E-state index in [2.05, 4.69) is 16.0 Å². The van der Waals surface area contributed by atoms with Crippen molar-refractivity contribution in [3.05, 3.63) is 35.4 Å². The molecule has 1 aromatic rings. The molecular formula is C28H44F2N4O3. The average molecular weight is 523 g/mol. The summed E-state index contributed by atoms with van der Waals surface area (Å²) in [6.07, 6.45) is 8.88. The molecule has 1 aromatic carbocycles. The summed E-state index contributed by atoms with van der Waals surface area (Å²) in [5.41, 5.74) is -1.76. The number of hydrogen-bond acceptors (Lipinski definition) is 4. The van der Waals surface area contributed by atoms with Gasteiger partial charge in [0.25, 0.3) is 0 Å². The number of nitrogens with zero attached hydrogens (tertiary/aromatic N) is 1. The summed E-state index contributed by atoms with van der Waals surface area (Å²) in [5.74, 6) is -2.12. The van der Waals surface area contributed by atoms with Crippen molar-refractivity contribution in [3.8, 4) is 0 Å². The molecule has 1 aliphatic heterocycles. The maximum absolute atomic E-state index is 14.9. The number of carbonyl (C=O) groups excluding carboxylic acids is 2. The number of likely N-dealkylation sites (N-methyl/N-ethyl adjacent to an activating group) is 1. The first-order valence-corrected chi connectivity index (χ1v) is 13.9. The maximum atomic E-state index is 14.9. The lowest BCUT2D eigenvalue weighted by Crippen LogP contribution is -2.54. The summed E-state index contributed by atoms with van der Waals surface area (Å²) in [5, 5.41) is 20.9. The van der Waals surface area contributed by atoms with Gasteiger partial charge in [0, 0.05) is 50.6 Å². The highest BCUT2D eigenvalue weighted by Gasteiger charge is 2.43. The van der Waals surface area contributed by atoms with Crippen LogP contribution in [0.25, 0.3) is 0 Å². The molecule has 0 spiro atoms. The molecule has 2 fully saturated rings. The van der Waals surface area contributed by atoms with E-state index in [1.165, 1.54) is 51.2 Å². The lowest BCUT2D eigenvalue weighted by atomic mass is 9.74. The fourth-order valence-corrected chi connectivity index (χ4v) is 6.10. The lowest BCUT2D eigenvalue weighted by molar-refractivity contribution is -0.119. The predicted octanol–water partition coefficient (Wildman–Crippen LogP) is 4.05. The quantitative estimate of drug-likeness (QED) is 0.330. The first kappa shape index (κ1) is 29.3. The molecular weight excluding hydrogens is 478 g/mol. The second-order valence-corrected chi connectivity index (χ2v) is 10.8. The molecule has 3 rings (SSSR count). The number of amides is 3. The molecule has 0 radical (unpaired) electrons. The number of benzene rings is 1. The first-order chi connectivity index (χ1) is 17.7. The average Bonchev–Trinajstić information content (AvgIpc) is 2.89. The molecule has 208 valence electrons. The van der Waals surface area contributed by atoms with E-state index < -0.39 is 23.2 Å². The first-order valence-electron chi connectivity index (χ1n) is 13.9. The third-order valence-corrected chi connectivity index (χ3v) is 8.03. The number of halogens is 2. The number of rotatable bonds is 11. The Morgan fingerprint density at radius 3 is 2.62 bits per heavy atom. The minimum absolute atomic E-state index is 0.0122. The Labute approximate surface area is 219 Å². The summed E-state index contributed by atoms with van der Waals surface area (Å²) < 4.78 is 29.1. The van der Waals surface area contributed by atoms with Gasteiger partial charge >= 0.3 is 6.03 Å². The van der Waals surface area contributed by atoms with Gasteiger partial charge in [-0.25, -0.2) is 13.6 Å². The largest absolute Gasteiger partial charge is 0.385 e. The Morgan fingerprint density at radius 2 is 1.92 bits per heavy atom. The highest BCUT2D eigenvalue weighted by molar-refractivity contribution is 5.74. The smallest absolute Gasteiger partial charge is 0.317 e. The summed E-state index contributed by atoms with van der Waals surface area (Å²) in [4.78, 5) is 26.3. The van der Waals surface area contributed by atoms with E-state index in [9.17, 15) is 23.5 Å². The van der Waals surface area contributed by atoms with E-state index in [1.54, 1.807) is 4.90 Å². The number of piperidine rings is 1. The second kappa shape index (κ2) is 14.0. The fourth-order valence-electron chi connectivity index (χ4n) is 6.10. The summed E-state index contributed by atoms with van der Waals surface area (Å²) in [7, 11) is 1.88. The van der Waals surface area contributed by atoms with Crippen molar-refractivity contribution in [2.24, 2.45) is 11.8 Å².